The Kier molecular flexibility index (Phi) is 24.0. The zero-order valence-corrected chi connectivity index (χ0v) is 47.6. The van der Waals surface area contributed by atoms with Crippen LogP contribution in [0.4, 0.5) is 17.6 Å². The number of aliphatic hydroxyl groups is 2. The van der Waals surface area contributed by atoms with E-state index in [9.17, 15) is 80.2 Å². The monoisotopic (exact) mass is 1310 g/mol. The van der Waals surface area contributed by atoms with Gasteiger partial charge in [-0.05, 0) is 47.9 Å². The number of rotatable bonds is 13. The van der Waals surface area contributed by atoms with Gasteiger partial charge in [-0.15, -0.1) is 0 Å². The molecule has 0 bridgehead atoms. The second-order valence-electron chi connectivity index (χ2n) is 18.4. The van der Waals surface area contributed by atoms with Crippen LogP contribution in [0.2, 0.25) is 0 Å². The standard InChI is InChI=1S/C16H19FN2O7.C12H14FIN2O5.C12H15FN2O5.C9H11FN2O5/c1-4-10-13(25-8(2)20)12(17)15(26-10)19-7-9(5-6-11(21)24-3)14(22)18-16(19)23;1-3-7-9(20-5(2)17)8(13)11(21-7)16-4-6(14)10(18)15-12(16)19;1-3-7-10(19-6(2)16)9(13)11(20-7)15-5-4-8(17)14-12(15)18;10-6-7(15)4(3-13)17-8(6)12-2-1-5(14)11-9(12)16/h5-7,10,12-13,15H,4H2,1-3H3,(H,18,22,23);4,7-9,11H,3H2,1-2H3,(H,15,18,19);4-5,7,9-11H,3H2,1-2H3,(H,14,17,18);1-2,4,6-8,13,15H,3H2,(H,11,14,16)/b6-5+;;;/t10-,12+,13?,15-;7-,8+,9?,11-;7-,9+,10?,11-;4-,6+,7?,8-/m1111/s1. The van der Waals surface area contributed by atoms with Crippen LogP contribution in [-0.2, 0) is 57.1 Å². The highest BCUT2D eigenvalue weighted by Crippen LogP contribution is 2.37. The summed E-state index contributed by atoms with van der Waals surface area (Å²) in [6.07, 6.45) is -12.4. The number of aromatic amines is 4. The van der Waals surface area contributed by atoms with Crippen molar-refractivity contribution in [2.75, 3.05) is 13.7 Å². The molecule has 0 aromatic carbocycles. The second-order valence-corrected chi connectivity index (χ2v) is 19.6. The molecule has 0 saturated carbocycles. The SMILES string of the molecule is CC[C@H]1O[C@@H](n2cc(/C=C/C(=O)OC)c(=O)[nH]c2=O)[C@@H](F)C1OC(C)=O.CC[C@H]1O[C@@H](n2cc(I)c(=O)[nH]c2=O)[C@@H](F)C1OC(C)=O.CC[C@H]1O[C@@H](n2ccc(=O)[nH]c2=O)[C@@H](F)C1OC(C)=O.O=c1ccn([C@@H]2O[C@H](CO)C(O)[C@@H]2F)c(=O)[nH]1. The van der Waals surface area contributed by atoms with Crippen molar-refractivity contribution in [3.05, 3.63) is 135 Å². The van der Waals surface area contributed by atoms with Crippen LogP contribution in [0.5, 0.6) is 0 Å². The third-order valence-electron chi connectivity index (χ3n) is 12.7. The van der Waals surface area contributed by atoms with Crippen molar-refractivity contribution in [2.45, 2.75) is 159 Å². The summed E-state index contributed by atoms with van der Waals surface area (Å²) < 4.78 is 102. The molecule has 0 radical (unpaired) electrons. The molecule has 4 aromatic rings. The van der Waals surface area contributed by atoms with Crippen LogP contribution >= 0.6 is 22.6 Å². The molecule has 4 aliphatic rings. The Labute approximate surface area is 482 Å². The van der Waals surface area contributed by atoms with E-state index in [2.05, 4.69) is 9.72 Å². The summed E-state index contributed by atoms with van der Waals surface area (Å²) in [6.45, 7) is 8.18. The summed E-state index contributed by atoms with van der Waals surface area (Å²) in [5.74, 6) is -2.61. The summed E-state index contributed by atoms with van der Waals surface area (Å²) in [6, 6.07) is 2.13. The molecule has 8 rings (SSSR count). The first kappa shape index (κ1) is 67.3. The zero-order valence-electron chi connectivity index (χ0n) is 45.4. The third kappa shape index (κ3) is 16.2. The first-order chi connectivity index (χ1) is 39.6. The van der Waals surface area contributed by atoms with Crippen LogP contribution in [0.25, 0.3) is 6.08 Å². The Hall–Kier alpha value is -7.45. The number of H-pyrrole nitrogens is 4. The van der Waals surface area contributed by atoms with Gasteiger partial charge in [-0.1, -0.05) is 20.8 Å². The maximum atomic E-state index is 14.8. The Bertz CT molecular complexity index is 3510. The molecule has 462 valence electrons. The van der Waals surface area contributed by atoms with E-state index in [4.69, 9.17) is 38.3 Å². The molecule has 84 heavy (non-hydrogen) atoms. The first-order valence-electron chi connectivity index (χ1n) is 25.3. The molecule has 0 amide bonds. The minimum atomic E-state index is -1.85. The number of carbonyl (C=O) groups excluding carboxylic acids is 4. The molecule has 35 heteroatoms. The summed E-state index contributed by atoms with van der Waals surface area (Å²) in [5.41, 5.74) is -5.85. The predicted molar refractivity (Wildman–Crippen MR) is 285 cm³/mol. The molecular weight excluding hydrogens is 1260 g/mol. The maximum Gasteiger partial charge on any atom is 0.330 e. The largest absolute Gasteiger partial charge is 0.466 e. The van der Waals surface area contributed by atoms with Crippen LogP contribution in [0, 0.1) is 3.57 Å². The number of methoxy groups -OCH3 is 1. The maximum absolute atomic E-state index is 14.8. The average Bonchev–Trinajstić information content (AvgIpc) is 3.16. The lowest BCUT2D eigenvalue weighted by atomic mass is 10.1. The zero-order chi connectivity index (χ0) is 62.6. The molecule has 4 unspecified atom stereocenters. The fraction of sp³-hybridized carbons (Fsp3) is 0.551. The highest BCUT2D eigenvalue weighted by Gasteiger charge is 2.50. The minimum absolute atomic E-state index is 0.0743. The predicted octanol–water partition coefficient (Wildman–Crippen LogP) is -0.742. The van der Waals surface area contributed by atoms with E-state index in [1.165, 1.54) is 20.0 Å². The normalized spacial score (nSPS) is 28.6. The van der Waals surface area contributed by atoms with Gasteiger partial charge in [0.1, 0.15) is 30.5 Å². The lowest BCUT2D eigenvalue weighted by molar-refractivity contribution is -0.152. The lowest BCUT2D eigenvalue weighted by Gasteiger charge is -2.17. The number of hydrogen-bond donors (Lipinski definition) is 6. The number of nitrogens with one attached hydrogen (secondary N) is 4. The van der Waals surface area contributed by atoms with Gasteiger partial charge < -0.3 is 48.1 Å². The van der Waals surface area contributed by atoms with Gasteiger partial charge in [-0.3, -0.25) is 71.8 Å². The average molecular weight is 1310 g/mol. The van der Waals surface area contributed by atoms with E-state index in [1.807, 2.05) is 15.0 Å². The van der Waals surface area contributed by atoms with E-state index in [0.29, 0.717) is 19.3 Å². The van der Waals surface area contributed by atoms with Gasteiger partial charge in [-0.25, -0.2) is 41.5 Å². The molecule has 8 heterocycles. The molecular formula is C49H59F4IN8O22. The van der Waals surface area contributed by atoms with Crippen molar-refractivity contribution >= 4 is 52.5 Å². The molecule has 0 spiro atoms. The van der Waals surface area contributed by atoms with Gasteiger partial charge in [0, 0.05) is 63.8 Å². The fourth-order valence-corrected chi connectivity index (χ4v) is 9.19. The van der Waals surface area contributed by atoms with Gasteiger partial charge >= 0.3 is 46.6 Å². The highest BCUT2D eigenvalue weighted by molar-refractivity contribution is 14.1. The van der Waals surface area contributed by atoms with E-state index in [-0.39, 0.29) is 9.13 Å². The number of aliphatic hydroxyl groups excluding tert-OH is 2. The van der Waals surface area contributed by atoms with Gasteiger partial charge in [-0.2, -0.15) is 0 Å². The van der Waals surface area contributed by atoms with Crippen molar-refractivity contribution in [3.63, 3.8) is 0 Å². The van der Waals surface area contributed by atoms with Crippen molar-refractivity contribution in [3.8, 4) is 0 Å². The van der Waals surface area contributed by atoms with Gasteiger partial charge in [0.25, 0.3) is 22.2 Å². The van der Waals surface area contributed by atoms with E-state index >= 15 is 0 Å². The number of aromatic nitrogens is 8. The Morgan fingerprint density at radius 3 is 1.29 bits per heavy atom. The van der Waals surface area contributed by atoms with Crippen LogP contribution in [0.1, 0.15) is 91.3 Å². The molecule has 4 aromatic heterocycles. The highest BCUT2D eigenvalue weighted by atomic mass is 127. The minimum Gasteiger partial charge on any atom is -0.466 e. The number of ether oxygens (including phenoxy) is 8. The number of halogens is 5. The molecule has 16 atom stereocenters. The number of nitrogens with zero attached hydrogens (tertiary/aromatic N) is 4. The first-order valence-corrected chi connectivity index (χ1v) is 26.4. The quantitative estimate of drug-likeness (QED) is 0.0315. The number of carbonyl (C=O) groups is 4. The molecule has 30 nitrogen and oxygen atoms in total. The Morgan fingerprint density at radius 2 is 0.929 bits per heavy atom. The number of alkyl halides is 4. The molecule has 0 aliphatic carbocycles. The third-order valence-corrected chi connectivity index (χ3v) is 13.5. The lowest BCUT2D eigenvalue weighted by Crippen LogP contribution is -2.38. The second kappa shape index (κ2) is 29.9. The smallest absolute Gasteiger partial charge is 0.330 e. The Balaban J connectivity index is 0.000000207. The molecule has 4 fully saturated rings. The summed E-state index contributed by atoms with van der Waals surface area (Å²) in [4.78, 5) is 144. The van der Waals surface area contributed by atoms with Crippen LogP contribution in [0.3, 0.4) is 0 Å². The number of hydrogen-bond acceptors (Lipinski definition) is 22. The van der Waals surface area contributed by atoms with Crippen LogP contribution in [-0.4, -0.2) is 160 Å². The van der Waals surface area contributed by atoms with E-state index in [1.54, 1.807) is 43.4 Å². The molecule has 6 N–H and O–H groups in total. The van der Waals surface area contributed by atoms with Crippen LogP contribution < -0.4 is 45.0 Å². The van der Waals surface area contributed by atoms with E-state index < -0.39 is 174 Å². The van der Waals surface area contributed by atoms with Gasteiger partial charge in [0.05, 0.1) is 22.9 Å². The van der Waals surface area contributed by atoms with Crippen molar-refractivity contribution in [2.24, 2.45) is 0 Å². The fourth-order valence-electron chi connectivity index (χ4n) is 8.75. The van der Waals surface area contributed by atoms with E-state index in [0.717, 1.165) is 75.2 Å². The molecule has 4 aliphatic heterocycles. The molecule has 4 saturated heterocycles. The van der Waals surface area contributed by atoms with Gasteiger partial charge in [0.15, 0.2) is 67.9 Å². The number of esters is 4. The van der Waals surface area contributed by atoms with Crippen LogP contribution in [0.15, 0.2) is 81.4 Å². The summed E-state index contributed by atoms with van der Waals surface area (Å²) >= 11 is 1.73. The van der Waals surface area contributed by atoms with Crippen molar-refractivity contribution in [1.82, 2.24) is 38.2 Å². The van der Waals surface area contributed by atoms with Crippen molar-refractivity contribution in [1.29, 1.82) is 0 Å². The van der Waals surface area contributed by atoms with Gasteiger partial charge in [0.2, 0.25) is 0 Å². The Morgan fingerprint density at radius 1 is 0.571 bits per heavy atom. The van der Waals surface area contributed by atoms with Crippen molar-refractivity contribution < 1.29 is 84.8 Å². The summed E-state index contributed by atoms with van der Waals surface area (Å²) in [7, 11) is 1.16. The summed E-state index contributed by atoms with van der Waals surface area (Å²) in [5, 5.41) is 18.2. The topological polar surface area (TPSA) is 402 Å².